The zero-order valence-electron chi connectivity index (χ0n) is 19.9. The molecule has 0 radical (unpaired) electrons. The average Bonchev–Trinajstić information content (AvgIpc) is 2.85. The van der Waals surface area contributed by atoms with Crippen LogP contribution in [0.25, 0.3) is 0 Å². The summed E-state index contributed by atoms with van der Waals surface area (Å²) in [5.41, 5.74) is 6.19. The van der Waals surface area contributed by atoms with Crippen molar-refractivity contribution in [3.63, 3.8) is 0 Å². The molecule has 1 aliphatic heterocycles. The third kappa shape index (κ3) is 6.59. The van der Waals surface area contributed by atoms with E-state index in [-0.39, 0.29) is 0 Å². The van der Waals surface area contributed by atoms with Gasteiger partial charge >= 0.3 is 0 Å². The smallest absolute Gasteiger partial charge is 0.202 e. The maximum absolute atomic E-state index is 3.45. The average molecular weight is 430 g/mol. The third-order valence-corrected chi connectivity index (χ3v) is 7.11. The predicted octanol–water partition coefficient (Wildman–Crippen LogP) is 6.59. The number of fused-ring (bicyclic) bond motifs is 2. The van der Waals surface area contributed by atoms with E-state index in [1.54, 1.807) is 17.0 Å². The number of unbranched alkanes of at least 4 members (excludes halogenated alkanes) is 4. The molecule has 1 aromatic rings. The summed E-state index contributed by atoms with van der Waals surface area (Å²) in [5.74, 6) is 0. The van der Waals surface area contributed by atoms with E-state index in [1.165, 1.54) is 102 Å². The molecule has 1 saturated carbocycles. The second kappa shape index (κ2) is 12.7. The van der Waals surface area contributed by atoms with Crippen LogP contribution in [-0.2, 0) is 19.4 Å². The quantitative estimate of drug-likeness (QED) is 0.162. The number of aryl methyl sites for hydroxylation is 2. The molecule has 0 aromatic carbocycles. The number of hydrogen-bond donors (Lipinski definition) is 0. The van der Waals surface area contributed by atoms with Gasteiger partial charge in [0.05, 0.1) is 12.5 Å². The first-order valence-electron chi connectivity index (χ1n) is 13.2. The Balaban J connectivity index is 1.06. The van der Waals surface area contributed by atoms with Gasteiger partial charge in [0, 0.05) is 37.3 Å². The first-order chi connectivity index (χ1) is 15.9. The lowest BCUT2D eigenvalue weighted by atomic mass is 9.91. The fourth-order valence-electron chi connectivity index (χ4n) is 5.31. The second-order valence-corrected chi connectivity index (χ2v) is 9.51. The maximum atomic E-state index is 3.45. The second-order valence-electron chi connectivity index (χ2n) is 9.51. The fourth-order valence-corrected chi connectivity index (χ4v) is 5.31. The van der Waals surface area contributed by atoms with E-state index >= 15 is 0 Å². The van der Waals surface area contributed by atoms with Crippen LogP contribution in [0.15, 0.2) is 60.5 Å². The molecule has 0 bridgehead atoms. The van der Waals surface area contributed by atoms with Crippen LogP contribution in [0.4, 0.5) is 0 Å². The Bertz CT molecular complexity index is 897. The van der Waals surface area contributed by atoms with E-state index in [0.29, 0.717) is 0 Å². The number of hydrogen-bond acceptors (Lipinski definition) is 0. The number of rotatable bonds is 11. The molecule has 1 fully saturated rings. The molecule has 1 aromatic heterocycles. The molecule has 0 unspecified atom stereocenters. The largest absolute Gasteiger partial charge is 0.291 e. The highest BCUT2D eigenvalue weighted by molar-refractivity contribution is 5.97. The van der Waals surface area contributed by atoms with Crippen LogP contribution in [0, 0.1) is 6.08 Å². The molecule has 32 heavy (non-hydrogen) atoms. The molecule has 2 heteroatoms. The Kier molecular flexibility index (Phi) is 9.04. The molecule has 0 saturated heterocycles. The monoisotopic (exact) mass is 429 g/mol. The highest BCUT2D eigenvalue weighted by Gasteiger charge is 2.32. The first-order valence-corrected chi connectivity index (χ1v) is 13.2. The summed E-state index contributed by atoms with van der Waals surface area (Å²) >= 11 is 0. The van der Waals surface area contributed by atoms with Crippen LogP contribution in [-0.4, -0.2) is 16.8 Å². The van der Waals surface area contributed by atoms with E-state index in [0.717, 1.165) is 6.54 Å². The minimum absolute atomic E-state index is 1.16. The summed E-state index contributed by atoms with van der Waals surface area (Å²) < 4.78 is 5.00. The molecule has 0 spiro atoms. The Morgan fingerprint density at radius 2 is 1.56 bits per heavy atom. The van der Waals surface area contributed by atoms with Gasteiger partial charge in [-0.1, -0.05) is 28.9 Å². The summed E-state index contributed by atoms with van der Waals surface area (Å²) in [6.07, 6.45) is 37.1. The molecule has 2 aliphatic carbocycles. The Labute approximate surface area is 195 Å². The number of allylic oxidation sites excluding steroid dienone is 7. The highest BCUT2D eigenvalue weighted by Crippen LogP contribution is 2.23. The molecule has 0 amide bonds. The van der Waals surface area contributed by atoms with Crippen molar-refractivity contribution in [2.24, 2.45) is 0 Å². The molecule has 0 N–H and O–H groups in total. The molecular weight excluding hydrogens is 388 g/mol. The molecule has 2 heterocycles. The topological polar surface area (TPSA) is 6.89 Å². The van der Waals surface area contributed by atoms with Crippen molar-refractivity contribution in [2.75, 3.05) is 6.54 Å². The zero-order chi connectivity index (χ0) is 21.8. The van der Waals surface area contributed by atoms with Crippen molar-refractivity contribution in [3.05, 3.63) is 77.8 Å². The van der Waals surface area contributed by atoms with Gasteiger partial charge in [0.1, 0.15) is 6.54 Å². The van der Waals surface area contributed by atoms with E-state index in [2.05, 4.69) is 70.1 Å². The first kappa shape index (κ1) is 22.9. The van der Waals surface area contributed by atoms with E-state index in [1.807, 2.05) is 0 Å². The zero-order valence-corrected chi connectivity index (χ0v) is 19.9. The van der Waals surface area contributed by atoms with E-state index < -0.39 is 0 Å². The lowest BCUT2D eigenvalue weighted by Gasteiger charge is -2.13. The van der Waals surface area contributed by atoms with Gasteiger partial charge < -0.3 is 0 Å². The molecular formula is C30H41N2+3. The van der Waals surface area contributed by atoms with Crippen molar-refractivity contribution in [2.45, 2.75) is 96.4 Å². The molecule has 168 valence electrons. The van der Waals surface area contributed by atoms with Gasteiger partial charge in [0.2, 0.25) is 0 Å². The fraction of sp³-hybridized carbons (Fsp3) is 0.533. The Hall–Kier alpha value is -2.31. The predicted molar refractivity (Wildman–Crippen MR) is 134 cm³/mol. The summed E-state index contributed by atoms with van der Waals surface area (Å²) in [4.78, 5) is 0. The minimum Gasteiger partial charge on any atom is -0.202 e. The number of pyridine rings is 1. The molecule has 4 rings (SSSR count). The van der Waals surface area contributed by atoms with Gasteiger partial charge in [0.25, 0.3) is 11.9 Å². The minimum atomic E-state index is 1.16. The van der Waals surface area contributed by atoms with Crippen LogP contribution in [0.1, 0.15) is 88.3 Å². The Morgan fingerprint density at radius 1 is 0.812 bits per heavy atom. The van der Waals surface area contributed by atoms with Gasteiger partial charge in [-0.25, -0.2) is 4.57 Å². The maximum Gasteiger partial charge on any atom is 0.291 e. The molecule has 3 aliphatic rings. The molecule has 0 atom stereocenters. The summed E-state index contributed by atoms with van der Waals surface area (Å²) in [6, 6.07) is 4.56. The van der Waals surface area contributed by atoms with Gasteiger partial charge in [-0.05, 0) is 63.9 Å². The van der Waals surface area contributed by atoms with Gasteiger partial charge in [0.15, 0.2) is 30.1 Å². The van der Waals surface area contributed by atoms with Crippen molar-refractivity contribution in [1.82, 2.24) is 0 Å². The molecule has 2 nitrogen and oxygen atoms in total. The van der Waals surface area contributed by atoms with Crippen molar-refractivity contribution in [3.8, 4) is 0 Å². The number of nitrogens with zero attached hydrogens (tertiary/aromatic N) is 2. The normalized spacial score (nSPS) is 18.1. The van der Waals surface area contributed by atoms with Gasteiger partial charge in [-0.15, -0.1) is 0 Å². The summed E-state index contributed by atoms with van der Waals surface area (Å²) in [7, 11) is 0. The lowest BCUT2D eigenvalue weighted by Crippen LogP contribution is -2.40. The summed E-state index contributed by atoms with van der Waals surface area (Å²) in [5, 5.41) is 0. The van der Waals surface area contributed by atoms with Crippen LogP contribution in [0.2, 0.25) is 0 Å². The van der Waals surface area contributed by atoms with Crippen LogP contribution >= 0.6 is 0 Å². The van der Waals surface area contributed by atoms with E-state index in [9.17, 15) is 0 Å². The van der Waals surface area contributed by atoms with Crippen molar-refractivity contribution < 1.29 is 9.14 Å². The standard InChI is InChI=1S/C30H41N2/c1(3-5-7-13-23-31-25-15-19-27-17-9-11-21-29(27)31)2-4-6-8-14-24-32-26-16-20-28-18-10-12-22-30(28)32/h1-4,15-16,19,25-26H,5-14,17-18,21-24H2/q+3. The van der Waals surface area contributed by atoms with Crippen LogP contribution in [0.3, 0.4) is 0 Å². The van der Waals surface area contributed by atoms with Crippen LogP contribution < -0.4 is 4.57 Å². The van der Waals surface area contributed by atoms with E-state index in [4.69, 9.17) is 0 Å². The van der Waals surface area contributed by atoms with Crippen LogP contribution in [0.5, 0.6) is 0 Å². The summed E-state index contributed by atoms with van der Waals surface area (Å²) in [6.45, 7) is 2.33. The third-order valence-electron chi connectivity index (χ3n) is 7.11. The van der Waals surface area contributed by atoms with Gasteiger partial charge in [-0.3, -0.25) is 0 Å². The van der Waals surface area contributed by atoms with Crippen molar-refractivity contribution >= 4 is 5.71 Å². The SMILES string of the molecule is [C+]1=C2CCCCC2=[N+](CCCCC=CC=CCCCC[n+]2cccc3c2CCCC3)C=C1. The number of aromatic nitrogens is 1. The van der Waals surface area contributed by atoms with Crippen molar-refractivity contribution in [1.29, 1.82) is 0 Å². The lowest BCUT2D eigenvalue weighted by molar-refractivity contribution is -0.705. The highest BCUT2D eigenvalue weighted by atomic mass is 15.0. The van der Waals surface area contributed by atoms with Gasteiger partial charge in [-0.2, -0.15) is 0 Å². The Morgan fingerprint density at radius 3 is 2.44 bits per heavy atom.